The van der Waals surface area contributed by atoms with Crippen LogP contribution in [0.3, 0.4) is 0 Å². The van der Waals surface area contributed by atoms with Crippen molar-refractivity contribution < 1.29 is 9.18 Å². The number of aromatic amines is 1. The van der Waals surface area contributed by atoms with Crippen molar-refractivity contribution >= 4 is 33.5 Å². The van der Waals surface area contributed by atoms with Crippen LogP contribution < -0.4 is 5.32 Å². The Morgan fingerprint density at radius 3 is 2.71 bits per heavy atom. The monoisotopic (exact) mass is 410 g/mol. The van der Waals surface area contributed by atoms with Crippen LogP contribution >= 0.6 is 0 Å². The largest absolute Gasteiger partial charge is 0.342 e. The highest BCUT2D eigenvalue weighted by Crippen LogP contribution is 2.21. The molecule has 0 saturated carbocycles. The summed E-state index contributed by atoms with van der Waals surface area (Å²) in [6.45, 7) is 0. The fourth-order valence-electron chi connectivity index (χ4n) is 3.73. The molecule has 0 aliphatic heterocycles. The summed E-state index contributed by atoms with van der Waals surface area (Å²) in [5, 5.41) is 3.95. The molecule has 0 aliphatic carbocycles. The van der Waals surface area contributed by atoms with Gasteiger partial charge in [-0.3, -0.25) is 9.78 Å². The molecule has 3 aromatic carbocycles. The summed E-state index contributed by atoms with van der Waals surface area (Å²) >= 11 is 0. The molecule has 152 valence electrons. The molecule has 5 rings (SSSR count). The molecule has 0 fully saturated rings. The lowest BCUT2D eigenvalue weighted by Gasteiger charge is -2.07. The lowest BCUT2D eigenvalue weighted by atomic mass is 10.1. The van der Waals surface area contributed by atoms with E-state index < -0.39 is 0 Å². The summed E-state index contributed by atoms with van der Waals surface area (Å²) < 4.78 is 13.9. The van der Waals surface area contributed by atoms with Crippen LogP contribution in [0.4, 0.5) is 10.1 Å². The third-order valence-corrected chi connectivity index (χ3v) is 5.20. The molecule has 31 heavy (non-hydrogen) atoms. The minimum atomic E-state index is -0.251. The molecule has 0 spiro atoms. The van der Waals surface area contributed by atoms with Gasteiger partial charge in [0.25, 0.3) is 0 Å². The van der Waals surface area contributed by atoms with Gasteiger partial charge in [0.2, 0.25) is 5.91 Å². The lowest BCUT2D eigenvalue weighted by molar-refractivity contribution is -0.115. The van der Waals surface area contributed by atoms with Crippen molar-refractivity contribution in [3.8, 4) is 0 Å². The molecule has 0 unspecified atom stereocenters. The number of carbonyl (C=O) groups is 1. The number of halogens is 1. The Morgan fingerprint density at radius 2 is 1.81 bits per heavy atom. The molecule has 2 aromatic heterocycles. The first-order chi connectivity index (χ1) is 15.2. The first kappa shape index (κ1) is 18.9. The number of para-hydroxylation sites is 1. The van der Waals surface area contributed by atoms with Crippen LogP contribution in [0.2, 0.25) is 0 Å². The van der Waals surface area contributed by atoms with Gasteiger partial charge in [-0.15, -0.1) is 0 Å². The number of hydrogen-bond acceptors (Lipinski definition) is 3. The smallest absolute Gasteiger partial charge is 0.228 e. The second kappa shape index (κ2) is 7.99. The average Bonchev–Trinajstić information content (AvgIpc) is 3.17. The Labute approximate surface area is 178 Å². The highest BCUT2D eigenvalue weighted by molar-refractivity contribution is 5.96. The fourth-order valence-corrected chi connectivity index (χ4v) is 3.73. The zero-order valence-electron chi connectivity index (χ0n) is 16.6. The fraction of sp³-hybridized carbons (Fsp3) is 0.0800. The standard InChI is InChI=1S/C25H19FN4O/c26-20-9-2-1-5-17(20)13-23-29-21-11-10-19(15-22(21)30-23)28-24(31)14-18-7-3-6-16-8-4-12-27-25(16)18/h1-12,15H,13-14H2,(H,28,31)(H,29,30). The average molecular weight is 410 g/mol. The van der Waals surface area contributed by atoms with E-state index in [1.165, 1.54) is 6.07 Å². The van der Waals surface area contributed by atoms with E-state index in [4.69, 9.17) is 0 Å². The SMILES string of the molecule is O=C(Cc1cccc2cccnc12)Nc1ccc2nc(Cc3ccccc3F)[nH]c2c1. The van der Waals surface area contributed by atoms with Gasteiger partial charge in [-0.05, 0) is 41.5 Å². The van der Waals surface area contributed by atoms with Crippen LogP contribution in [0.5, 0.6) is 0 Å². The Balaban J connectivity index is 1.33. The van der Waals surface area contributed by atoms with Gasteiger partial charge in [0.15, 0.2) is 0 Å². The van der Waals surface area contributed by atoms with Gasteiger partial charge in [0, 0.05) is 23.7 Å². The molecule has 0 aliphatic rings. The van der Waals surface area contributed by atoms with Gasteiger partial charge in [-0.25, -0.2) is 9.37 Å². The summed E-state index contributed by atoms with van der Waals surface area (Å²) in [5.41, 5.74) is 4.52. The minimum absolute atomic E-state index is 0.122. The van der Waals surface area contributed by atoms with Gasteiger partial charge in [0.1, 0.15) is 11.6 Å². The van der Waals surface area contributed by atoms with Crippen molar-refractivity contribution in [2.75, 3.05) is 5.32 Å². The molecule has 2 N–H and O–H groups in total. The first-order valence-electron chi connectivity index (χ1n) is 10.0. The first-order valence-corrected chi connectivity index (χ1v) is 10.0. The van der Waals surface area contributed by atoms with Gasteiger partial charge in [-0.1, -0.05) is 42.5 Å². The Hall–Kier alpha value is -4.06. The highest BCUT2D eigenvalue weighted by atomic mass is 19.1. The van der Waals surface area contributed by atoms with Crippen molar-refractivity contribution in [2.24, 2.45) is 0 Å². The second-order valence-electron chi connectivity index (χ2n) is 7.40. The molecule has 0 bridgehead atoms. The molecule has 1 amide bonds. The number of imidazole rings is 1. The summed E-state index contributed by atoms with van der Waals surface area (Å²) in [4.78, 5) is 24.8. The highest BCUT2D eigenvalue weighted by Gasteiger charge is 2.11. The molecular formula is C25H19FN4O. The van der Waals surface area contributed by atoms with E-state index >= 15 is 0 Å². The van der Waals surface area contributed by atoms with Crippen molar-refractivity contribution in [2.45, 2.75) is 12.8 Å². The summed E-state index contributed by atoms with van der Waals surface area (Å²) in [6.07, 6.45) is 2.33. The number of nitrogens with one attached hydrogen (secondary N) is 2. The predicted molar refractivity (Wildman–Crippen MR) is 119 cm³/mol. The van der Waals surface area contributed by atoms with Crippen molar-refractivity contribution in [3.05, 3.63) is 102 Å². The number of benzene rings is 3. The number of carbonyl (C=O) groups excluding carboxylic acids is 1. The number of H-pyrrole nitrogens is 1. The quantitative estimate of drug-likeness (QED) is 0.427. The van der Waals surface area contributed by atoms with Crippen LogP contribution in [0.15, 0.2) is 79.0 Å². The molecule has 5 nitrogen and oxygen atoms in total. The summed E-state index contributed by atoms with van der Waals surface area (Å²) in [6, 6.07) is 21.8. The lowest BCUT2D eigenvalue weighted by Crippen LogP contribution is -2.14. The number of aromatic nitrogens is 3. The van der Waals surface area contributed by atoms with Crippen molar-refractivity contribution in [3.63, 3.8) is 0 Å². The topological polar surface area (TPSA) is 70.7 Å². The third kappa shape index (κ3) is 4.00. The molecule has 2 heterocycles. The summed E-state index contributed by atoms with van der Waals surface area (Å²) in [5.74, 6) is 0.299. The molecule has 0 radical (unpaired) electrons. The molecule has 5 aromatic rings. The van der Waals surface area contributed by atoms with Crippen molar-refractivity contribution in [1.29, 1.82) is 0 Å². The maximum Gasteiger partial charge on any atom is 0.228 e. The van der Waals surface area contributed by atoms with Gasteiger partial charge >= 0.3 is 0 Å². The van der Waals surface area contributed by atoms with Crippen LogP contribution in [-0.2, 0) is 17.6 Å². The zero-order chi connectivity index (χ0) is 21.2. The van der Waals surface area contributed by atoms with Crippen LogP contribution in [0.25, 0.3) is 21.9 Å². The minimum Gasteiger partial charge on any atom is -0.342 e. The Morgan fingerprint density at radius 1 is 0.968 bits per heavy atom. The van der Waals surface area contributed by atoms with Crippen LogP contribution in [0.1, 0.15) is 17.0 Å². The Bertz CT molecular complexity index is 1400. The predicted octanol–water partition coefficient (Wildman–Crippen LogP) is 5.02. The van der Waals surface area contributed by atoms with Crippen LogP contribution in [-0.4, -0.2) is 20.9 Å². The number of hydrogen-bond donors (Lipinski definition) is 2. The molecular weight excluding hydrogens is 391 g/mol. The van der Waals surface area contributed by atoms with E-state index in [1.54, 1.807) is 24.4 Å². The van der Waals surface area contributed by atoms with E-state index in [2.05, 4.69) is 20.3 Å². The zero-order valence-corrected chi connectivity index (χ0v) is 16.6. The van der Waals surface area contributed by atoms with E-state index in [0.29, 0.717) is 23.5 Å². The van der Waals surface area contributed by atoms with Crippen molar-refractivity contribution in [1.82, 2.24) is 15.0 Å². The maximum absolute atomic E-state index is 13.9. The maximum atomic E-state index is 13.9. The normalized spacial score (nSPS) is 11.1. The number of pyridine rings is 1. The number of fused-ring (bicyclic) bond motifs is 2. The molecule has 0 atom stereocenters. The number of amides is 1. The number of rotatable bonds is 5. The van der Waals surface area contributed by atoms with Crippen LogP contribution in [0, 0.1) is 5.82 Å². The Kier molecular flexibility index (Phi) is 4.88. The number of anilines is 1. The summed E-state index contributed by atoms with van der Waals surface area (Å²) in [7, 11) is 0. The van der Waals surface area contributed by atoms with Gasteiger partial charge in [0.05, 0.1) is 23.0 Å². The van der Waals surface area contributed by atoms with Gasteiger partial charge < -0.3 is 10.3 Å². The van der Waals surface area contributed by atoms with E-state index in [9.17, 15) is 9.18 Å². The third-order valence-electron chi connectivity index (χ3n) is 5.20. The van der Waals surface area contributed by atoms with E-state index in [-0.39, 0.29) is 18.1 Å². The molecule has 6 heteroatoms. The van der Waals surface area contributed by atoms with Gasteiger partial charge in [-0.2, -0.15) is 0 Å². The second-order valence-corrected chi connectivity index (χ2v) is 7.40. The van der Waals surface area contributed by atoms with E-state index in [1.807, 2.05) is 48.5 Å². The number of nitrogens with zero attached hydrogens (tertiary/aromatic N) is 2. The van der Waals surface area contributed by atoms with E-state index in [0.717, 1.165) is 27.5 Å². The molecule has 0 saturated heterocycles.